The number of hydrogen-bond donors (Lipinski definition) is 0. The Morgan fingerprint density at radius 3 is 2.62 bits per heavy atom. The summed E-state index contributed by atoms with van der Waals surface area (Å²) in [7, 11) is 0. The van der Waals surface area contributed by atoms with Crippen LogP contribution in [0.3, 0.4) is 0 Å². The predicted molar refractivity (Wildman–Crippen MR) is 38.9 cm³/mol. The number of benzene rings is 1. The maximum Gasteiger partial charge on any atom is 0.240 e. The Bertz CT molecular complexity index is 431. The van der Waals surface area contributed by atoms with E-state index in [1.165, 1.54) is 6.07 Å². The third kappa shape index (κ3) is 1.58. The first-order chi connectivity index (χ1) is 6.20. The zero-order chi connectivity index (χ0) is 9.84. The highest BCUT2D eigenvalue weighted by atomic mass is 19.2. The number of hydrogen-bond acceptors (Lipinski definition) is 3. The molecule has 13 heavy (non-hydrogen) atoms. The van der Waals surface area contributed by atoms with Gasteiger partial charge in [0.15, 0.2) is 11.6 Å². The van der Waals surface area contributed by atoms with Crippen LogP contribution in [0.2, 0.25) is 0 Å². The molecule has 0 aromatic heterocycles. The summed E-state index contributed by atoms with van der Waals surface area (Å²) in [5.41, 5.74) is -0.820. The Morgan fingerprint density at radius 2 is 2.08 bits per heavy atom. The van der Waals surface area contributed by atoms with Gasteiger partial charge in [0.25, 0.3) is 0 Å². The summed E-state index contributed by atoms with van der Waals surface area (Å²) < 4.78 is 25.3. The van der Waals surface area contributed by atoms with Crippen molar-refractivity contribution in [2.45, 2.75) is 0 Å². The van der Waals surface area contributed by atoms with Crippen molar-refractivity contribution in [3.63, 3.8) is 0 Å². The van der Waals surface area contributed by atoms with Crippen LogP contribution in [0.25, 0.3) is 0 Å². The van der Waals surface area contributed by atoms with Crippen molar-refractivity contribution in [2.75, 3.05) is 0 Å². The monoisotopic (exact) mass is 180 g/mol. The Balaban J connectivity index is 3.49. The molecule has 0 N–H and O–H groups in total. The first-order valence-electron chi connectivity index (χ1n) is 3.16. The Hall–Kier alpha value is -2.05. The lowest BCUT2D eigenvalue weighted by Crippen LogP contribution is -1.89. The summed E-state index contributed by atoms with van der Waals surface area (Å²) >= 11 is 0. The molecule has 0 radical (unpaired) electrons. The molecular weight excluding hydrogens is 178 g/mol. The van der Waals surface area contributed by atoms with Crippen LogP contribution in [0.1, 0.15) is 5.56 Å². The van der Waals surface area contributed by atoms with Gasteiger partial charge >= 0.3 is 0 Å². The maximum absolute atomic E-state index is 12.8. The average Bonchev–Trinajstić information content (AvgIpc) is 2.12. The number of halogens is 2. The number of nitriles is 1. The van der Waals surface area contributed by atoms with E-state index in [9.17, 15) is 13.6 Å². The molecule has 0 aliphatic carbocycles. The molecule has 0 aliphatic heterocycles. The normalized spacial score (nSPS) is 8.69. The van der Waals surface area contributed by atoms with Gasteiger partial charge in [0, 0.05) is 0 Å². The molecule has 64 valence electrons. The fourth-order valence-electron chi connectivity index (χ4n) is 0.789. The first kappa shape index (κ1) is 9.04. The Morgan fingerprint density at radius 1 is 1.38 bits per heavy atom. The molecule has 0 saturated carbocycles. The first-order valence-corrected chi connectivity index (χ1v) is 3.16. The standard InChI is InChI=1S/C8H2F2N2O/c9-6-1-2-7(12-4-13)5(3-11)8(6)10/h1-2H. The van der Waals surface area contributed by atoms with Crippen molar-refractivity contribution < 1.29 is 13.6 Å². The second kappa shape index (κ2) is 3.57. The van der Waals surface area contributed by atoms with E-state index < -0.39 is 17.2 Å². The zero-order valence-corrected chi connectivity index (χ0v) is 6.21. The highest BCUT2D eigenvalue weighted by Gasteiger charge is 2.12. The summed E-state index contributed by atoms with van der Waals surface area (Å²) in [6.07, 6.45) is 1.14. The molecule has 0 atom stereocenters. The van der Waals surface area contributed by atoms with Gasteiger partial charge in [0.2, 0.25) is 6.08 Å². The number of nitrogens with zero attached hydrogens (tertiary/aromatic N) is 2. The van der Waals surface area contributed by atoms with Gasteiger partial charge in [-0.05, 0) is 12.1 Å². The minimum Gasteiger partial charge on any atom is -0.211 e. The number of carbonyl (C=O) groups excluding carboxylic acids is 1. The molecule has 0 bridgehead atoms. The van der Waals surface area contributed by atoms with Gasteiger partial charge in [-0.1, -0.05) is 0 Å². The van der Waals surface area contributed by atoms with Gasteiger partial charge in [-0.25, -0.2) is 13.6 Å². The van der Waals surface area contributed by atoms with Crippen LogP contribution in [0.4, 0.5) is 14.5 Å². The summed E-state index contributed by atoms with van der Waals surface area (Å²) in [4.78, 5) is 12.9. The molecule has 5 heteroatoms. The van der Waals surface area contributed by atoms with Gasteiger partial charge in [-0.15, -0.1) is 0 Å². The number of aliphatic imine (C=N–C) groups is 1. The minimum absolute atomic E-state index is 0.226. The molecular formula is C8H2F2N2O. The van der Waals surface area contributed by atoms with E-state index in [4.69, 9.17) is 5.26 Å². The Kier molecular flexibility index (Phi) is 2.48. The van der Waals surface area contributed by atoms with Crippen molar-refractivity contribution in [1.29, 1.82) is 5.26 Å². The summed E-state index contributed by atoms with van der Waals surface area (Å²) in [5, 5.41) is 8.40. The molecule has 3 nitrogen and oxygen atoms in total. The van der Waals surface area contributed by atoms with Crippen molar-refractivity contribution in [1.82, 2.24) is 0 Å². The van der Waals surface area contributed by atoms with Crippen molar-refractivity contribution in [2.24, 2.45) is 4.99 Å². The second-order valence-electron chi connectivity index (χ2n) is 2.07. The molecule has 0 saturated heterocycles. The molecule has 1 aromatic carbocycles. The minimum atomic E-state index is -1.31. The van der Waals surface area contributed by atoms with Crippen LogP contribution in [-0.4, -0.2) is 6.08 Å². The van der Waals surface area contributed by atoms with Crippen molar-refractivity contribution in [3.05, 3.63) is 29.3 Å². The fourth-order valence-corrected chi connectivity index (χ4v) is 0.789. The largest absolute Gasteiger partial charge is 0.240 e. The third-order valence-electron chi connectivity index (χ3n) is 1.35. The van der Waals surface area contributed by atoms with E-state index in [0.29, 0.717) is 0 Å². The average molecular weight is 180 g/mol. The number of isocyanates is 1. The van der Waals surface area contributed by atoms with Gasteiger partial charge < -0.3 is 0 Å². The topological polar surface area (TPSA) is 53.2 Å². The van der Waals surface area contributed by atoms with Gasteiger partial charge in [0.05, 0.1) is 5.69 Å². The van der Waals surface area contributed by atoms with Gasteiger partial charge in [0.1, 0.15) is 11.6 Å². The highest BCUT2D eigenvalue weighted by molar-refractivity contribution is 5.58. The summed E-state index contributed by atoms with van der Waals surface area (Å²) in [6, 6.07) is 3.22. The molecule has 0 fully saturated rings. The van der Waals surface area contributed by atoms with Crippen LogP contribution in [0, 0.1) is 23.0 Å². The van der Waals surface area contributed by atoms with E-state index in [1.807, 2.05) is 0 Å². The molecule has 0 aliphatic rings. The van der Waals surface area contributed by atoms with Crippen LogP contribution in [-0.2, 0) is 4.79 Å². The van der Waals surface area contributed by atoms with Crippen LogP contribution in [0.5, 0.6) is 0 Å². The molecule has 1 aromatic rings. The van der Waals surface area contributed by atoms with Crippen LogP contribution in [0.15, 0.2) is 17.1 Å². The number of rotatable bonds is 1. The van der Waals surface area contributed by atoms with Crippen molar-refractivity contribution in [3.8, 4) is 6.07 Å². The Labute approximate surface area is 71.9 Å². The zero-order valence-electron chi connectivity index (χ0n) is 6.21. The summed E-state index contributed by atoms with van der Waals surface area (Å²) in [5.74, 6) is -2.46. The smallest absolute Gasteiger partial charge is 0.211 e. The molecule has 0 heterocycles. The molecule has 0 spiro atoms. The fraction of sp³-hybridized carbons (Fsp3) is 0. The quantitative estimate of drug-likeness (QED) is 0.488. The van der Waals surface area contributed by atoms with E-state index in [-0.39, 0.29) is 5.69 Å². The van der Waals surface area contributed by atoms with E-state index >= 15 is 0 Å². The summed E-state index contributed by atoms with van der Waals surface area (Å²) in [6.45, 7) is 0. The van der Waals surface area contributed by atoms with Crippen LogP contribution >= 0.6 is 0 Å². The van der Waals surface area contributed by atoms with Crippen LogP contribution < -0.4 is 0 Å². The SMILES string of the molecule is N#Cc1c(N=C=O)ccc(F)c1F. The van der Waals surface area contributed by atoms with E-state index in [2.05, 4.69) is 4.99 Å². The van der Waals surface area contributed by atoms with E-state index in [1.54, 1.807) is 0 Å². The molecule has 0 amide bonds. The molecule has 1 rings (SSSR count). The van der Waals surface area contributed by atoms with Gasteiger partial charge in [-0.2, -0.15) is 10.3 Å². The lowest BCUT2D eigenvalue weighted by Gasteiger charge is -1.97. The van der Waals surface area contributed by atoms with Crippen molar-refractivity contribution >= 4 is 11.8 Å². The maximum atomic E-state index is 12.8. The molecule has 0 unspecified atom stereocenters. The highest BCUT2D eigenvalue weighted by Crippen LogP contribution is 2.22. The lowest BCUT2D eigenvalue weighted by molar-refractivity contribution is 0.506. The van der Waals surface area contributed by atoms with Gasteiger partial charge in [-0.3, -0.25) is 0 Å². The lowest BCUT2D eigenvalue weighted by atomic mass is 10.2. The predicted octanol–water partition coefficient (Wildman–Crippen LogP) is 1.80. The second-order valence-corrected chi connectivity index (χ2v) is 2.07. The third-order valence-corrected chi connectivity index (χ3v) is 1.35. The van der Waals surface area contributed by atoms with E-state index in [0.717, 1.165) is 18.2 Å².